The summed E-state index contributed by atoms with van der Waals surface area (Å²) in [4.78, 5) is 33.8. The smallest absolute Gasteiger partial charge is 0.326 e. The Balaban J connectivity index is 3.71. The second-order valence-corrected chi connectivity index (χ2v) is 4.93. The largest absolute Gasteiger partial charge is 0.480 e. The fourth-order valence-electron chi connectivity index (χ4n) is 1.65. The van der Waals surface area contributed by atoms with Gasteiger partial charge in [-0.3, -0.25) is 9.59 Å². The highest BCUT2D eigenvalue weighted by Crippen LogP contribution is 1.99. The minimum atomic E-state index is -1.14. The lowest BCUT2D eigenvalue weighted by Gasteiger charge is -2.13. The van der Waals surface area contributed by atoms with E-state index in [1.54, 1.807) is 6.92 Å². The second-order valence-electron chi connectivity index (χ2n) is 4.93. The molecule has 134 valence electrons. The van der Waals surface area contributed by atoms with Gasteiger partial charge >= 0.3 is 5.97 Å². The maximum absolute atomic E-state index is 11.6. The van der Waals surface area contributed by atoms with Crippen molar-refractivity contribution >= 4 is 17.8 Å². The van der Waals surface area contributed by atoms with Crippen molar-refractivity contribution in [2.75, 3.05) is 33.0 Å². The van der Waals surface area contributed by atoms with E-state index >= 15 is 0 Å². The van der Waals surface area contributed by atoms with Gasteiger partial charge in [0.05, 0.1) is 19.8 Å². The monoisotopic (exact) mass is 332 g/mol. The molecule has 0 aromatic carbocycles. The van der Waals surface area contributed by atoms with Crippen LogP contribution in [0.2, 0.25) is 0 Å². The Morgan fingerprint density at radius 1 is 1.00 bits per heavy atom. The number of aliphatic carboxylic acids is 1. The lowest BCUT2D eigenvalue weighted by Crippen LogP contribution is -2.41. The van der Waals surface area contributed by atoms with Gasteiger partial charge in [0.2, 0.25) is 11.8 Å². The lowest BCUT2D eigenvalue weighted by molar-refractivity contribution is -0.142. The highest BCUT2D eigenvalue weighted by Gasteiger charge is 2.20. The molecule has 0 aliphatic rings. The molecule has 0 aromatic rings. The summed E-state index contributed by atoms with van der Waals surface area (Å²) in [6.45, 7) is 6.09. The standard InChI is InChI=1S/C15H28N2O6/c1-3-8-22-10-11-23-9-7-16-14(19)6-5-12(15(20)21)17-13(18)4-2/h12H,3-11H2,1-2H3,(H,16,19)(H,17,18)(H,20,21). The van der Waals surface area contributed by atoms with Gasteiger partial charge in [0, 0.05) is 26.0 Å². The molecule has 0 aromatic heterocycles. The summed E-state index contributed by atoms with van der Waals surface area (Å²) in [7, 11) is 0. The number of carboxylic acid groups (broad SMARTS) is 1. The van der Waals surface area contributed by atoms with Crippen LogP contribution >= 0.6 is 0 Å². The van der Waals surface area contributed by atoms with Crippen molar-refractivity contribution in [2.24, 2.45) is 0 Å². The maximum atomic E-state index is 11.6. The average Bonchev–Trinajstić information content (AvgIpc) is 2.53. The summed E-state index contributed by atoms with van der Waals surface area (Å²) in [5.41, 5.74) is 0. The molecular weight excluding hydrogens is 304 g/mol. The normalized spacial score (nSPS) is 11.7. The molecule has 0 spiro atoms. The summed E-state index contributed by atoms with van der Waals surface area (Å²) in [5, 5.41) is 14.0. The van der Waals surface area contributed by atoms with Crippen LogP contribution in [0.4, 0.5) is 0 Å². The third kappa shape index (κ3) is 12.5. The van der Waals surface area contributed by atoms with Crippen molar-refractivity contribution in [3.05, 3.63) is 0 Å². The van der Waals surface area contributed by atoms with Crippen molar-refractivity contribution in [2.45, 2.75) is 45.6 Å². The van der Waals surface area contributed by atoms with Gasteiger partial charge < -0.3 is 25.2 Å². The Morgan fingerprint density at radius 3 is 2.22 bits per heavy atom. The van der Waals surface area contributed by atoms with Gasteiger partial charge in [0.15, 0.2) is 0 Å². The number of rotatable bonds is 14. The van der Waals surface area contributed by atoms with Gasteiger partial charge in [-0.15, -0.1) is 0 Å². The van der Waals surface area contributed by atoms with Crippen LogP contribution in [0.15, 0.2) is 0 Å². The van der Waals surface area contributed by atoms with E-state index in [1.165, 1.54) is 0 Å². The Hall–Kier alpha value is -1.67. The molecule has 0 bridgehead atoms. The van der Waals surface area contributed by atoms with E-state index < -0.39 is 12.0 Å². The van der Waals surface area contributed by atoms with Crippen molar-refractivity contribution in [3.8, 4) is 0 Å². The topological polar surface area (TPSA) is 114 Å². The Bertz CT molecular complexity index is 362. The number of carbonyl (C=O) groups excluding carboxylic acids is 2. The Morgan fingerprint density at radius 2 is 1.65 bits per heavy atom. The van der Waals surface area contributed by atoms with Crippen molar-refractivity contribution < 1.29 is 29.0 Å². The van der Waals surface area contributed by atoms with Crippen molar-refractivity contribution in [3.63, 3.8) is 0 Å². The fourth-order valence-corrected chi connectivity index (χ4v) is 1.65. The van der Waals surface area contributed by atoms with Gasteiger partial charge in [-0.1, -0.05) is 13.8 Å². The van der Waals surface area contributed by atoms with Crippen LogP contribution in [0.25, 0.3) is 0 Å². The van der Waals surface area contributed by atoms with Gasteiger partial charge in [-0.05, 0) is 12.8 Å². The molecule has 3 N–H and O–H groups in total. The minimum Gasteiger partial charge on any atom is -0.480 e. The summed E-state index contributed by atoms with van der Waals surface area (Å²) >= 11 is 0. The molecule has 8 heteroatoms. The van der Waals surface area contributed by atoms with E-state index in [0.29, 0.717) is 33.0 Å². The summed E-state index contributed by atoms with van der Waals surface area (Å²) in [6, 6.07) is -1.04. The van der Waals surface area contributed by atoms with Crippen molar-refractivity contribution in [1.82, 2.24) is 10.6 Å². The van der Waals surface area contributed by atoms with Crippen LogP contribution in [0.3, 0.4) is 0 Å². The van der Waals surface area contributed by atoms with E-state index in [0.717, 1.165) is 6.42 Å². The molecule has 0 saturated heterocycles. The molecule has 0 rings (SSSR count). The van der Waals surface area contributed by atoms with Crippen LogP contribution in [0.1, 0.15) is 39.5 Å². The predicted octanol–water partition coefficient (Wildman–Crippen LogP) is 0.305. The van der Waals surface area contributed by atoms with E-state index in [4.69, 9.17) is 14.6 Å². The van der Waals surface area contributed by atoms with Gasteiger partial charge in [-0.2, -0.15) is 0 Å². The average molecular weight is 332 g/mol. The minimum absolute atomic E-state index is 0.0283. The highest BCUT2D eigenvalue weighted by atomic mass is 16.5. The molecule has 23 heavy (non-hydrogen) atoms. The first-order valence-electron chi connectivity index (χ1n) is 7.95. The first-order chi connectivity index (χ1) is 11.0. The van der Waals surface area contributed by atoms with E-state index in [-0.39, 0.29) is 31.1 Å². The van der Waals surface area contributed by atoms with Gasteiger partial charge in [0.1, 0.15) is 6.04 Å². The second kappa shape index (κ2) is 14.0. The third-order valence-corrected chi connectivity index (χ3v) is 2.90. The molecule has 0 aliphatic carbocycles. The predicted molar refractivity (Wildman–Crippen MR) is 84.0 cm³/mol. The van der Waals surface area contributed by atoms with Crippen LogP contribution in [-0.2, 0) is 23.9 Å². The quantitative estimate of drug-likeness (QED) is 0.394. The molecule has 2 amide bonds. The van der Waals surface area contributed by atoms with E-state index in [2.05, 4.69) is 10.6 Å². The molecule has 0 radical (unpaired) electrons. The van der Waals surface area contributed by atoms with E-state index in [1.807, 2.05) is 6.92 Å². The van der Waals surface area contributed by atoms with Crippen molar-refractivity contribution in [1.29, 1.82) is 0 Å². The molecule has 0 fully saturated rings. The Kier molecular flexibility index (Phi) is 12.9. The molecular formula is C15H28N2O6. The van der Waals surface area contributed by atoms with Crippen LogP contribution in [0, 0.1) is 0 Å². The van der Waals surface area contributed by atoms with E-state index in [9.17, 15) is 14.4 Å². The first-order valence-corrected chi connectivity index (χ1v) is 7.95. The van der Waals surface area contributed by atoms with Crippen LogP contribution in [0.5, 0.6) is 0 Å². The van der Waals surface area contributed by atoms with Crippen LogP contribution in [-0.4, -0.2) is 61.9 Å². The molecule has 8 nitrogen and oxygen atoms in total. The third-order valence-electron chi connectivity index (χ3n) is 2.90. The van der Waals surface area contributed by atoms with Gasteiger partial charge in [-0.25, -0.2) is 4.79 Å². The number of ether oxygens (including phenoxy) is 2. The molecule has 1 unspecified atom stereocenters. The Labute approximate surface area is 136 Å². The zero-order valence-corrected chi connectivity index (χ0v) is 13.9. The zero-order chi connectivity index (χ0) is 17.5. The number of amides is 2. The molecule has 1 atom stereocenters. The number of carbonyl (C=O) groups is 3. The summed E-state index contributed by atoms with van der Waals surface area (Å²) in [6.07, 6.45) is 1.25. The first kappa shape index (κ1) is 21.3. The highest BCUT2D eigenvalue weighted by molar-refractivity contribution is 5.84. The summed E-state index contributed by atoms with van der Waals surface area (Å²) < 4.78 is 10.5. The van der Waals surface area contributed by atoms with Gasteiger partial charge in [0.25, 0.3) is 0 Å². The maximum Gasteiger partial charge on any atom is 0.326 e. The lowest BCUT2D eigenvalue weighted by atomic mass is 10.1. The molecule has 0 saturated carbocycles. The SMILES string of the molecule is CCCOCCOCCNC(=O)CCC(NC(=O)CC)C(=O)O. The molecule has 0 aliphatic heterocycles. The van der Waals surface area contributed by atoms with Crippen LogP contribution < -0.4 is 10.6 Å². The number of nitrogens with one attached hydrogen (secondary N) is 2. The summed E-state index contributed by atoms with van der Waals surface area (Å²) in [5.74, 6) is -1.76. The number of hydrogen-bond donors (Lipinski definition) is 3. The number of carboxylic acids is 1. The molecule has 0 heterocycles. The number of hydrogen-bond acceptors (Lipinski definition) is 5. The zero-order valence-electron chi connectivity index (χ0n) is 13.9. The fraction of sp³-hybridized carbons (Fsp3) is 0.800.